The molecule has 1 saturated heterocycles. The number of aromatic nitrogens is 3. The highest BCUT2D eigenvalue weighted by Crippen LogP contribution is 2.14. The van der Waals surface area contributed by atoms with Gasteiger partial charge in [-0.3, -0.25) is 0 Å². The first-order chi connectivity index (χ1) is 8.42. The summed E-state index contributed by atoms with van der Waals surface area (Å²) in [7, 11) is 0. The molecule has 1 unspecified atom stereocenters. The van der Waals surface area contributed by atoms with Crippen LogP contribution in [0.4, 0.5) is 0 Å². The van der Waals surface area contributed by atoms with Gasteiger partial charge in [-0.25, -0.2) is 9.67 Å². The van der Waals surface area contributed by atoms with E-state index < -0.39 is 0 Å². The smallest absolute Gasteiger partial charge is 0.213 e. The van der Waals surface area contributed by atoms with Crippen LogP contribution in [0.25, 0.3) is 5.69 Å². The minimum absolute atomic E-state index is 0.248. The standard InChI is InChI=1S/C12H14N4O/c1-5-15-16(7-1)10-2-3-12(14-8-10)17-11-4-6-13-9-11/h1-3,5,7-8,11,13H,4,6,9H2. The first-order valence-corrected chi connectivity index (χ1v) is 5.75. The minimum atomic E-state index is 0.248. The van der Waals surface area contributed by atoms with Crippen molar-refractivity contribution in [3.63, 3.8) is 0 Å². The molecule has 1 aliphatic rings. The quantitative estimate of drug-likeness (QED) is 0.855. The Bertz CT molecular complexity index is 460. The summed E-state index contributed by atoms with van der Waals surface area (Å²) in [6.07, 6.45) is 6.69. The van der Waals surface area contributed by atoms with Crippen molar-refractivity contribution in [1.82, 2.24) is 20.1 Å². The van der Waals surface area contributed by atoms with E-state index in [1.807, 2.05) is 24.4 Å². The minimum Gasteiger partial charge on any atom is -0.473 e. The van der Waals surface area contributed by atoms with Gasteiger partial charge in [0.2, 0.25) is 5.88 Å². The maximum absolute atomic E-state index is 5.74. The van der Waals surface area contributed by atoms with Crippen molar-refractivity contribution in [3.8, 4) is 11.6 Å². The topological polar surface area (TPSA) is 52.0 Å². The number of hydrogen-bond donors (Lipinski definition) is 1. The highest BCUT2D eigenvalue weighted by Gasteiger charge is 2.16. The Hall–Kier alpha value is -1.88. The van der Waals surface area contributed by atoms with E-state index in [1.165, 1.54) is 0 Å². The molecule has 2 aromatic heterocycles. The average Bonchev–Trinajstić information content (AvgIpc) is 3.01. The highest BCUT2D eigenvalue weighted by molar-refractivity contribution is 5.30. The van der Waals surface area contributed by atoms with Crippen LogP contribution in [0.15, 0.2) is 36.8 Å². The first kappa shape index (κ1) is 10.3. The Kier molecular flexibility index (Phi) is 2.75. The zero-order chi connectivity index (χ0) is 11.5. The lowest BCUT2D eigenvalue weighted by atomic mass is 10.3. The van der Waals surface area contributed by atoms with Gasteiger partial charge in [-0.1, -0.05) is 0 Å². The number of nitrogens with one attached hydrogen (secondary N) is 1. The van der Waals surface area contributed by atoms with Crippen LogP contribution in [-0.4, -0.2) is 34.0 Å². The van der Waals surface area contributed by atoms with E-state index in [-0.39, 0.29) is 6.10 Å². The van der Waals surface area contributed by atoms with Gasteiger partial charge in [0.25, 0.3) is 0 Å². The summed E-state index contributed by atoms with van der Waals surface area (Å²) >= 11 is 0. The summed E-state index contributed by atoms with van der Waals surface area (Å²) in [4.78, 5) is 4.29. The molecule has 0 saturated carbocycles. The number of hydrogen-bond acceptors (Lipinski definition) is 4. The molecule has 0 aromatic carbocycles. The molecule has 5 heteroatoms. The second-order valence-electron chi connectivity index (χ2n) is 4.04. The second kappa shape index (κ2) is 4.55. The van der Waals surface area contributed by atoms with E-state index in [0.717, 1.165) is 25.2 Å². The van der Waals surface area contributed by atoms with Gasteiger partial charge in [-0.05, 0) is 25.1 Å². The highest BCUT2D eigenvalue weighted by atomic mass is 16.5. The molecule has 1 N–H and O–H groups in total. The lowest BCUT2D eigenvalue weighted by Gasteiger charge is -2.11. The maximum atomic E-state index is 5.74. The molecule has 1 aliphatic heterocycles. The Morgan fingerprint density at radius 2 is 2.41 bits per heavy atom. The third-order valence-corrected chi connectivity index (χ3v) is 2.79. The summed E-state index contributed by atoms with van der Waals surface area (Å²) in [5, 5.41) is 7.40. The molecule has 0 bridgehead atoms. The summed E-state index contributed by atoms with van der Waals surface area (Å²) in [5.41, 5.74) is 0.937. The van der Waals surface area contributed by atoms with Crippen LogP contribution in [0.5, 0.6) is 5.88 Å². The molecule has 0 radical (unpaired) electrons. The Labute approximate surface area is 99.4 Å². The van der Waals surface area contributed by atoms with Crippen LogP contribution < -0.4 is 10.1 Å². The van der Waals surface area contributed by atoms with Gasteiger partial charge in [0.15, 0.2) is 0 Å². The molecule has 0 spiro atoms. The predicted molar refractivity (Wildman–Crippen MR) is 63.3 cm³/mol. The van der Waals surface area contributed by atoms with Gasteiger partial charge in [0.05, 0.1) is 11.9 Å². The SMILES string of the molecule is c1cnn(-c2ccc(OC3CCNC3)nc2)c1. The summed E-state index contributed by atoms with van der Waals surface area (Å²) < 4.78 is 7.52. The first-order valence-electron chi connectivity index (χ1n) is 5.75. The Balaban J connectivity index is 1.71. The summed E-state index contributed by atoms with van der Waals surface area (Å²) in [5.74, 6) is 0.676. The van der Waals surface area contributed by atoms with E-state index in [0.29, 0.717) is 5.88 Å². The average molecular weight is 230 g/mol. The third-order valence-electron chi connectivity index (χ3n) is 2.79. The zero-order valence-electron chi connectivity index (χ0n) is 9.41. The molecule has 5 nitrogen and oxygen atoms in total. The maximum Gasteiger partial charge on any atom is 0.213 e. The summed E-state index contributed by atoms with van der Waals surface area (Å²) in [6.45, 7) is 1.93. The molecule has 2 aromatic rings. The normalized spacial score (nSPS) is 19.4. The monoisotopic (exact) mass is 230 g/mol. The van der Waals surface area contributed by atoms with Crippen LogP contribution >= 0.6 is 0 Å². The molecule has 0 amide bonds. The van der Waals surface area contributed by atoms with Crippen molar-refractivity contribution in [1.29, 1.82) is 0 Å². The predicted octanol–water partition coefficient (Wildman–Crippen LogP) is 1.01. The lowest BCUT2D eigenvalue weighted by molar-refractivity contribution is 0.214. The van der Waals surface area contributed by atoms with E-state index in [2.05, 4.69) is 15.4 Å². The fourth-order valence-corrected chi connectivity index (χ4v) is 1.90. The van der Waals surface area contributed by atoms with E-state index in [9.17, 15) is 0 Å². The van der Waals surface area contributed by atoms with E-state index in [1.54, 1.807) is 17.1 Å². The van der Waals surface area contributed by atoms with Crippen molar-refractivity contribution in [3.05, 3.63) is 36.8 Å². The fraction of sp³-hybridized carbons (Fsp3) is 0.333. The molecule has 1 atom stereocenters. The van der Waals surface area contributed by atoms with Crippen molar-refractivity contribution < 1.29 is 4.74 Å². The zero-order valence-corrected chi connectivity index (χ0v) is 9.41. The van der Waals surface area contributed by atoms with Crippen LogP contribution in [0.1, 0.15) is 6.42 Å². The lowest BCUT2D eigenvalue weighted by Crippen LogP contribution is -2.20. The van der Waals surface area contributed by atoms with E-state index >= 15 is 0 Å². The molecule has 17 heavy (non-hydrogen) atoms. The largest absolute Gasteiger partial charge is 0.473 e. The van der Waals surface area contributed by atoms with Gasteiger partial charge in [-0.15, -0.1) is 0 Å². The molecular formula is C12H14N4O. The Morgan fingerprint density at radius 3 is 3.06 bits per heavy atom. The van der Waals surface area contributed by atoms with Crippen LogP contribution in [0.2, 0.25) is 0 Å². The van der Waals surface area contributed by atoms with Crippen molar-refractivity contribution in [2.45, 2.75) is 12.5 Å². The van der Waals surface area contributed by atoms with Gasteiger partial charge >= 0.3 is 0 Å². The molecule has 3 heterocycles. The molecule has 0 aliphatic carbocycles. The van der Waals surface area contributed by atoms with Crippen molar-refractivity contribution in [2.75, 3.05) is 13.1 Å². The van der Waals surface area contributed by atoms with Crippen molar-refractivity contribution in [2.24, 2.45) is 0 Å². The summed E-state index contributed by atoms with van der Waals surface area (Å²) in [6, 6.07) is 5.72. The fourth-order valence-electron chi connectivity index (χ4n) is 1.90. The van der Waals surface area contributed by atoms with Crippen LogP contribution in [-0.2, 0) is 0 Å². The van der Waals surface area contributed by atoms with Gasteiger partial charge < -0.3 is 10.1 Å². The van der Waals surface area contributed by atoms with Crippen LogP contribution in [0, 0.1) is 0 Å². The third kappa shape index (κ3) is 2.29. The number of pyridine rings is 1. The van der Waals surface area contributed by atoms with E-state index in [4.69, 9.17) is 4.74 Å². The Morgan fingerprint density at radius 1 is 1.41 bits per heavy atom. The number of ether oxygens (including phenoxy) is 1. The molecule has 88 valence electrons. The van der Waals surface area contributed by atoms with Gasteiger partial charge in [0, 0.05) is 25.0 Å². The number of rotatable bonds is 3. The molecule has 3 rings (SSSR count). The number of nitrogens with zero attached hydrogens (tertiary/aromatic N) is 3. The van der Waals surface area contributed by atoms with Gasteiger partial charge in [-0.2, -0.15) is 5.10 Å². The van der Waals surface area contributed by atoms with Crippen molar-refractivity contribution >= 4 is 0 Å². The molecule has 1 fully saturated rings. The molecular weight excluding hydrogens is 216 g/mol. The second-order valence-corrected chi connectivity index (χ2v) is 4.04. The van der Waals surface area contributed by atoms with Gasteiger partial charge in [0.1, 0.15) is 6.10 Å². The van der Waals surface area contributed by atoms with Crippen LogP contribution in [0.3, 0.4) is 0 Å².